The molecule has 1 amide bonds. The van der Waals surface area contributed by atoms with Crippen LogP contribution in [0.1, 0.15) is 31.2 Å². The number of methoxy groups -OCH3 is 1. The summed E-state index contributed by atoms with van der Waals surface area (Å²) >= 11 is 6.04. The number of carbonyl (C=O) groups excluding carboxylic acids is 1. The Kier molecular flexibility index (Phi) is 6.18. The molecule has 2 heterocycles. The minimum atomic E-state index is 0. The second-order valence-corrected chi connectivity index (χ2v) is 6.84. The highest BCUT2D eigenvalue weighted by atomic mass is 35.5. The molecule has 2 atom stereocenters. The molecule has 2 unspecified atom stereocenters. The quantitative estimate of drug-likeness (QED) is 0.899. The van der Waals surface area contributed by atoms with E-state index in [1.807, 2.05) is 24.1 Å². The van der Waals surface area contributed by atoms with E-state index in [1.54, 1.807) is 13.2 Å². The van der Waals surface area contributed by atoms with Crippen LogP contribution in [0.2, 0.25) is 5.02 Å². The normalized spacial score (nSPS) is 25.6. The zero-order chi connectivity index (χ0) is 15.7. The monoisotopic (exact) mass is 358 g/mol. The Bertz CT molecular complexity index is 556. The van der Waals surface area contributed by atoms with Crippen LogP contribution in [-0.4, -0.2) is 43.1 Å². The molecule has 6 heteroatoms. The van der Waals surface area contributed by atoms with Gasteiger partial charge in [-0.1, -0.05) is 11.6 Å². The number of nitrogens with one attached hydrogen (secondary N) is 1. The highest BCUT2D eigenvalue weighted by molar-refractivity contribution is 6.30. The average molecular weight is 359 g/mol. The number of carbonyl (C=O) groups is 1. The third kappa shape index (κ3) is 4.11. The van der Waals surface area contributed by atoms with Crippen LogP contribution in [0.25, 0.3) is 0 Å². The molecule has 2 fully saturated rings. The van der Waals surface area contributed by atoms with Crippen molar-refractivity contribution in [2.24, 2.45) is 0 Å². The fraction of sp³-hybridized carbons (Fsp3) is 0.588. The predicted octanol–water partition coefficient (Wildman–Crippen LogP) is 3.05. The second kappa shape index (κ2) is 7.73. The molecular formula is C17H24Cl2N2O2. The van der Waals surface area contributed by atoms with Crippen molar-refractivity contribution >= 4 is 29.9 Å². The number of nitrogens with zero attached hydrogens (tertiary/aromatic N) is 1. The van der Waals surface area contributed by atoms with Crippen molar-refractivity contribution in [2.45, 2.75) is 50.2 Å². The third-order valence-electron chi connectivity index (χ3n) is 4.97. The lowest BCUT2D eigenvalue weighted by atomic mass is 9.98. The van der Waals surface area contributed by atoms with E-state index in [-0.39, 0.29) is 18.3 Å². The van der Waals surface area contributed by atoms with Crippen LogP contribution < -0.4 is 10.1 Å². The van der Waals surface area contributed by atoms with E-state index in [0.29, 0.717) is 29.6 Å². The Morgan fingerprint density at radius 2 is 2.00 bits per heavy atom. The first-order valence-electron chi connectivity index (χ1n) is 7.91. The van der Waals surface area contributed by atoms with Gasteiger partial charge in [-0.3, -0.25) is 4.79 Å². The van der Waals surface area contributed by atoms with Crippen molar-refractivity contribution in [3.8, 4) is 5.75 Å². The second-order valence-electron chi connectivity index (χ2n) is 6.40. The molecule has 0 saturated carbocycles. The number of benzene rings is 1. The van der Waals surface area contributed by atoms with E-state index >= 15 is 0 Å². The maximum Gasteiger partial charge on any atom is 0.227 e. The topological polar surface area (TPSA) is 41.6 Å². The highest BCUT2D eigenvalue weighted by Crippen LogP contribution is 2.30. The van der Waals surface area contributed by atoms with Gasteiger partial charge in [-0.15, -0.1) is 12.4 Å². The lowest BCUT2D eigenvalue weighted by molar-refractivity contribution is -0.131. The lowest BCUT2D eigenvalue weighted by Gasteiger charge is -2.35. The van der Waals surface area contributed by atoms with Crippen LogP contribution in [0.15, 0.2) is 18.2 Å². The van der Waals surface area contributed by atoms with Crippen molar-refractivity contribution in [3.05, 3.63) is 28.8 Å². The van der Waals surface area contributed by atoms with Gasteiger partial charge in [0, 0.05) is 35.8 Å². The number of hydrogen-bond donors (Lipinski definition) is 1. The number of halogens is 2. The number of likely N-dealkylation sites (N-methyl/N-ethyl adjacent to an activating group) is 1. The van der Waals surface area contributed by atoms with Gasteiger partial charge in [-0.2, -0.15) is 0 Å². The summed E-state index contributed by atoms with van der Waals surface area (Å²) in [4.78, 5) is 14.6. The van der Waals surface area contributed by atoms with Crippen LogP contribution >= 0.6 is 24.0 Å². The molecule has 3 rings (SSSR count). The van der Waals surface area contributed by atoms with Crippen LogP contribution in [-0.2, 0) is 11.2 Å². The number of hydrogen-bond acceptors (Lipinski definition) is 3. The van der Waals surface area contributed by atoms with E-state index < -0.39 is 0 Å². The van der Waals surface area contributed by atoms with Crippen LogP contribution in [0.4, 0.5) is 0 Å². The number of amides is 1. The molecule has 128 valence electrons. The summed E-state index contributed by atoms with van der Waals surface area (Å²) in [7, 11) is 3.54. The van der Waals surface area contributed by atoms with E-state index in [4.69, 9.17) is 16.3 Å². The summed E-state index contributed by atoms with van der Waals surface area (Å²) in [6, 6.07) is 6.92. The smallest absolute Gasteiger partial charge is 0.227 e. The van der Waals surface area contributed by atoms with Crippen molar-refractivity contribution in [3.63, 3.8) is 0 Å². The molecule has 2 saturated heterocycles. The molecular weight excluding hydrogens is 335 g/mol. The zero-order valence-electron chi connectivity index (χ0n) is 13.5. The van der Waals surface area contributed by atoms with E-state index in [2.05, 4.69) is 5.32 Å². The largest absolute Gasteiger partial charge is 0.496 e. The van der Waals surface area contributed by atoms with Gasteiger partial charge < -0.3 is 15.0 Å². The Balaban J connectivity index is 0.00000192. The number of fused-ring (bicyclic) bond motifs is 2. The first kappa shape index (κ1) is 18.4. The van der Waals surface area contributed by atoms with Gasteiger partial charge in [0.25, 0.3) is 0 Å². The fourth-order valence-electron chi connectivity index (χ4n) is 3.72. The minimum Gasteiger partial charge on any atom is -0.496 e. The van der Waals surface area contributed by atoms with Gasteiger partial charge in [0.15, 0.2) is 0 Å². The van der Waals surface area contributed by atoms with Gasteiger partial charge in [0.1, 0.15) is 5.75 Å². The third-order valence-corrected chi connectivity index (χ3v) is 5.21. The molecule has 1 aromatic rings. The number of piperidine rings is 1. The number of ether oxygens (including phenoxy) is 1. The highest BCUT2D eigenvalue weighted by Gasteiger charge is 2.36. The molecule has 2 aliphatic rings. The maximum atomic E-state index is 12.6. The average Bonchev–Trinajstić information content (AvgIpc) is 2.85. The molecule has 0 spiro atoms. The molecule has 0 aromatic heterocycles. The van der Waals surface area contributed by atoms with E-state index in [0.717, 1.165) is 24.2 Å². The van der Waals surface area contributed by atoms with E-state index in [9.17, 15) is 4.79 Å². The summed E-state index contributed by atoms with van der Waals surface area (Å²) < 4.78 is 5.33. The Morgan fingerprint density at radius 1 is 1.35 bits per heavy atom. The molecule has 2 aliphatic heterocycles. The SMILES string of the molecule is COc1ccc(Cl)cc1CC(=O)N(C)C1CC2CCC(C1)N2.Cl. The predicted molar refractivity (Wildman–Crippen MR) is 94.7 cm³/mol. The summed E-state index contributed by atoms with van der Waals surface area (Å²) in [5, 5.41) is 4.24. The number of rotatable bonds is 4. The Morgan fingerprint density at radius 3 is 2.61 bits per heavy atom. The standard InChI is InChI=1S/C17H23ClN2O2.ClH/c1-20(15-9-13-4-5-14(10-15)19-13)17(21)8-11-7-12(18)3-6-16(11)22-2;/h3,6-7,13-15,19H,4-5,8-10H2,1-2H3;1H. The van der Waals surface area contributed by atoms with Gasteiger partial charge in [-0.05, 0) is 43.9 Å². The molecule has 23 heavy (non-hydrogen) atoms. The summed E-state index contributed by atoms with van der Waals surface area (Å²) in [6.45, 7) is 0. The van der Waals surface area contributed by atoms with Crippen LogP contribution in [0, 0.1) is 0 Å². The first-order chi connectivity index (χ1) is 10.6. The van der Waals surface area contributed by atoms with Crippen molar-refractivity contribution in [1.82, 2.24) is 10.2 Å². The molecule has 0 radical (unpaired) electrons. The molecule has 2 bridgehead atoms. The van der Waals surface area contributed by atoms with E-state index in [1.165, 1.54) is 12.8 Å². The minimum absolute atomic E-state index is 0. The van der Waals surface area contributed by atoms with Crippen LogP contribution in [0.3, 0.4) is 0 Å². The van der Waals surface area contributed by atoms with Crippen molar-refractivity contribution in [1.29, 1.82) is 0 Å². The van der Waals surface area contributed by atoms with Gasteiger partial charge in [-0.25, -0.2) is 0 Å². The summed E-state index contributed by atoms with van der Waals surface area (Å²) in [5.74, 6) is 0.850. The molecule has 1 aromatic carbocycles. The molecule has 0 aliphatic carbocycles. The first-order valence-corrected chi connectivity index (χ1v) is 8.28. The van der Waals surface area contributed by atoms with Gasteiger partial charge in [0.2, 0.25) is 5.91 Å². The summed E-state index contributed by atoms with van der Waals surface area (Å²) in [5.41, 5.74) is 0.851. The Labute approximate surface area is 148 Å². The lowest BCUT2D eigenvalue weighted by Crippen LogP contribution is -2.49. The fourth-order valence-corrected chi connectivity index (χ4v) is 3.91. The zero-order valence-corrected chi connectivity index (χ0v) is 15.1. The molecule has 4 nitrogen and oxygen atoms in total. The Hall–Kier alpha value is -0.970. The van der Waals surface area contributed by atoms with Crippen molar-refractivity contribution < 1.29 is 9.53 Å². The maximum absolute atomic E-state index is 12.6. The van der Waals surface area contributed by atoms with Gasteiger partial charge in [0.05, 0.1) is 13.5 Å². The van der Waals surface area contributed by atoms with Crippen LogP contribution in [0.5, 0.6) is 5.75 Å². The van der Waals surface area contributed by atoms with Crippen molar-refractivity contribution in [2.75, 3.05) is 14.2 Å². The molecule has 1 N–H and O–H groups in total. The van der Waals surface area contributed by atoms with Gasteiger partial charge >= 0.3 is 0 Å². The summed E-state index contributed by atoms with van der Waals surface area (Å²) in [6.07, 6.45) is 4.94.